The van der Waals surface area contributed by atoms with Gasteiger partial charge in [-0.1, -0.05) is 18.6 Å². The van der Waals surface area contributed by atoms with E-state index in [-0.39, 0.29) is 51.4 Å². The molecular weight excluding hydrogens is 293 g/mol. The van der Waals surface area contributed by atoms with Crippen molar-refractivity contribution in [1.82, 2.24) is 4.90 Å². The smallest absolute Gasteiger partial charge is 0.492 e. The van der Waals surface area contributed by atoms with Crippen molar-refractivity contribution in [2.24, 2.45) is 0 Å². The number of ether oxygens (including phenoxy) is 1. The number of hydrogen-bond donors (Lipinski definition) is 0. The molecule has 1 aromatic carbocycles. The van der Waals surface area contributed by atoms with Crippen LogP contribution < -0.4 is 61.6 Å². The van der Waals surface area contributed by atoms with Gasteiger partial charge in [0, 0.05) is 6.54 Å². The second-order valence-corrected chi connectivity index (χ2v) is 4.89. The molecule has 0 aliphatic carbocycles. The minimum Gasteiger partial charge on any atom is -0.492 e. The van der Waals surface area contributed by atoms with Gasteiger partial charge in [0.05, 0.1) is 0 Å². The molecule has 0 saturated carbocycles. The van der Waals surface area contributed by atoms with E-state index < -0.39 is 12.4 Å². The second-order valence-electron chi connectivity index (χ2n) is 4.89. The Morgan fingerprint density at radius 3 is 2.15 bits per heavy atom. The van der Waals surface area contributed by atoms with E-state index in [2.05, 4.69) is 4.90 Å². The number of halogens is 3. The van der Waals surface area contributed by atoms with Crippen LogP contribution in [0.2, 0.25) is 0 Å². The Balaban J connectivity index is 0.00000200. The van der Waals surface area contributed by atoms with Gasteiger partial charge in [0.25, 0.3) is 0 Å². The molecule has 1 aliphatic heterocycles. The van der Waals surface area contributed by atoms with Gasteiger partial charge in [0.15, 0.2) is 0 Å². The molecule has 0 spiro atoms. The van der Waals surface area contributed by atoms with Crippen LogP contribution in [0, 0.1) is 0 Å². The number of hydrogen-bond acceptors (Lipinski definition) is 2. The zero-order valence-corrected chi connectivity index (χ0v) is 14.9. The van der Waals surface area contributed by atoms with Crippen LogP contribution >= 0.6 is 0 Å². The molecule has 20 heavy (non-hydrogen) atoms. The van der Waals surface area contributed by atoms with E-state index in [9.17, 15) is 12.9 Å². The fourth-order valence-corrected chi connectivity index (χ4v) is 2.26. The third kappa shape index (κ3) is 6.07. The summed E-state index contributed by atoms with van der Waals surface area (Å²) in [7, 11) is 0. The molecule has 2 nitrogen and oxygen atoms in total. The zero-order valence-electron chi connectivity index (χ0n) is 11.8. The topological polar surface area (TPSA) is 12.5 Å². The van der Waals surface area contributed by atoms with Gasteiger partial charge in [0.1, 0.15) is 12.4 Å². The molecule has 0 amide bonds. The van der Waals surface area contributed by atoms with Crippen LogP contribution in [0.1, 0.15) is 19.3 Å². The quantitative estimate of drug-likeness (QED) is 0.687. The van der Waals surface area contributed by atoms with E-state index in [0.717, 1.165) is 31.8 Å². The first kappa shape index (κ1) is 18.5. The van der Waals surface area contributed by atoms with Gasteiger partial charge in [-0.2, -0.15) is 0 Å². The SMILES string of the molecule is F[B-](F)(F)c1ccc(OCCN2CCCCC2)cc1.[K+]. The summed E-state index contributed by atoms with van der Waals surface area (Å²) in [5, 5.41) is 0. The number of likely N-dealkylation sites (tertiary alicyclic amines) is 1. The third-order valence-electron chi connectivity index (χ3n) is 3.38. The van der Waals surface area contributed by atoms with E-state index in [1.165, 1.54) is 31.4 Å². The maximum Gasteiger partial charge on any atom is 1.00 e. The van der Waals surface area contributed by atoms with Crippen molar-refractivity contribution in [1.29, 1.82) is 0 Å². The van der Waals surface area contributed by atoms with Crippen molar-refractivity contribution in [3.05, 3.63) is 24.3 Å². The fraction of sp³-hybridized carbons (Fsp3) is 0.538. The van der Waals surface area contributed by atoms with E-state index >= 15 is 0 Å². The molecule has 0 N–H and O–H groups in total. The molecule has 2 rings (SSSR count). The molecule has 0 radical (unpaired) electrons. The van der Waals surface area contributed by atoms with Gasteiger partial charge in [-0.15, -0.1) is 5.46 Å². The zero-order chi connectivity index (χ0) is 13.7. The van der Waals surface area contributed by atoms with E-state index in [0.29, 0.717) is 12.4 Å². The van der Waals surface area contributed by atoms with Crippen LogP contribution in [0.4, 0.5) is 12.9 Å². The van der Waals surface area contributed by atoms with Crippen molar-refractivity contribution < 1.29 is 69.1 Å². The Hall–Kier alpha value is 0.471. The van der Waals surface area contributed by atoms with Gasteiger partial charge < -0.3 is 17.7 Å². The second kappa shape index (κ2) is 8.80. The van der Waals surface area contributed by atoms with Gasteiger partial charge in [-0.3, -0.25) is 4.90 Å². The molecule has 1 aliphatic rings. The summed E-state index contributed by atoms with van der Waals surface area (Å²) in [6.45, 7) is -1.36. The molecule has 1 heterocycles. The first-order chi connectivity index (χ1) is 9.05. The van der Waals surface area contributed by atoms with Crippen LogP contribution in [0.5, 0.6) is 5.75 Å². The molecule has 106 valence electrons. The van der Waals surface area contributed by atoms with Crippen LogP contribution in [0.3, 0.4) is 0 Å². The summed E-state index contributed by atoms with van der Waals surface area (Å²) in [6.07, 6.45) is 3.74. The summed E-state index contributed by atoms with van der Waals surface area (Å²) < 4.78 is 42.8. The molecule has 0 unspecified atom stereocenters. The van der Waals surface area contributed by atoms with Gasteiger partial charge >= 0.3 is 58.4 Å². The van der Waals surface area contributed by atoms with Gasteiger partial charge in [-0.25, -0.2) is 0 Å². The van der Waals surface area contributed by atoms with Crippen molar-refractivity contribution in [2.75, 3.05) is 26.2 Å². The van der Waals surface area contributed by atoms with Gasteiger partial charge in [0.2, 0.25) is 0 Å². The van der Waals surface area contributed by atoms with E-state index in [1.807, 2.05) is 0 Å². The summed E-state index contributed by atoms with van der Waals surface area (Å²) >= 11 is 0. The van der Waals surface area contributed by atoms with Crippen molar-refractivity contribution in [3.8, 4) is 5.75 Å². The van der Waals surface area contributed by atoms with E-state index in [4.69, 9.17) is 4.74 Å². The molecular formula is C13H18BF3KNO. The number of benzene rings is 1. The minimum atomic E-state index is -4.91. The Labute approximate surface area is 160 Å². The molecule has 1 aromatic rings. The van der Waals surface area contributed by atoms with Crippen molar-refractivity contribution in [3.63, 3.8) is 0 Å². The molecule has 0 aromatic heterocycles. The average Bonchev–Trinajstić information content (AvgIpc) is 2.39. The fourth-order valence-electron chi connectivity index (χ4n) is 2.26. The molecule has 7 heteroatoms. The summed E-state index contributed by atoms with van der Waals surface area (Å²) in [5.74, 6) is 0.501. The number of rotatable bonds is 5. The average molecular weight is 311 g/mol. The van der Waals surface area contributed by atoms with Crippen LogP contribution in [-0.4, -0.2) is 38.1 Å². The first-order valence-corrected chi connectivity index (χ1v) is 6.71. The number of piperidine rings is 1. The molecule has 1 fully saturated rings. The first-order valence-electron chi connectivity index (χ1n) is 6.71. The predicted octanol–water partition coefficient (Wildman–Crippen LogP) is -0.390. The monoisotopic (exact) mass is 311 g/mol. The largest absolute Gasteiger partial charge is 1.00 e. The van der Waals surface area contributed by atoms with Gasteiger partial charge in [-0.05, 0) is 38.1 Å². The number of nitrogens with zero attached hydrogens (tertiary/aromatic N) is 1. The molecule has 1 saturated heterocycles. The summed E-state index contributed by atoms with van der Waals surface area (Å²) in [6, 6.07) is 4.94. The van der Waals surface area contributed by atoms with E-state index in [1.54, 1.807) is 0 Å². The summed E-state index contributed by atoms with van der Waals surface area (Å²) in [5.41, 5.74) is -0.580. The Bertz CT molecular complexity index is 394. The normalized spacial score (nSPS) is 16.6. The van der Waals surface area contributed by atoms with Crippen LogP contribution in [0.25, 0.3) is 0 Å². The third-order valence-corrected chi connectivity index (χ3v) is 3.38. The molecule has 0 atom stereocenters. The summed E-state index contributed by atoms with van der Waals surface area (Å²) in [4.78, 5) is 2.33. The van der Waals surface area contributed by atoms with Crippen LogP contribution in [-0.2, 0) is 0 Å². The standard InChI is InChI=1S/C13H18BF3NO.K/c15-14(16,17)12-4-6-13(7-5-12)19-11-10-18-8-2-1-3-9-18;/h4-7H,1-3,8-11H2;/q-1;+1. The minimum absolute atomic E-state index is 0. The van der Waals surface area contributed by atoms with Crippen molar-refractivity contribution in [2.45, 2.75) is 19.3 Å². The molecule has 0 bridgehead atoms. The van der Waals surface area contributed by atoms with Crippen LogP contribution in [0.15, 0.2) is 24.3 Å². The maximum atomic E-state index is 12.4. The predicted molar refractivity (Wildman–Crippen MR) is 70.9 cm³/mol. The Morgan fingerprint density at radius 2 is 1.60 bits per heavy atom. The Morgan fingerprint density at radius 1 is 1.00 bits per heavy atom. The maximum absolute atomic E-state index is 12.4. The van der Waals surface area contributed by atoms with Crippen molar-refractivity contribution >= 4 is 12.4 Å². The Kier molecular flexibility index (Phi) is 8.15.